The van der Waals surface area contributed by atoms with Crippen molar-refractivity contribution in [2.45, 2.75) is 77.5 Å². The molecule has 2 aliphatic heterocycles. The minimum absolute atomic E-state index is 0.110. The highest BCUT2D eigenvalue weighted by Gasteiger charge is 2.40. The molecule has 0 aromatic rings. The molecule has 3 heteroatoms. The summed E-state index contributed by atoms with van der Waals surface area (Å²) in [7, 11) is 0. The second-order valence-corrected chi connectivity index (χ2v) is 8.53. The van der Waals surface area contributed by atoms with Crippen molar-refractivity contribution in [2.24, 2.45) is 11.3 Å². The van der Waals surface area contributed by atoms with Crippen LogP contribution in [0.15, 0.2) is 0 Å². The Morgan fingerprint density at radius 2 is 1.90 bits per heavy atom. The maximum absolute atomic E-state index is 10.7. The molecular formula is C18H34N2O. The number of aliphatic hydroxyl groups excluding tert-OH is 1. The lowest BCUT2D eigenvalue weighted by Crippen LogP contribution is -2.60. The van der Waals surface area contributed by atoms with E-state index in [0.29, 0.717) is 12.0 Å². The summed E-state index contributed by atoms with van der Waals surface area (Å²) in [4.78, 5) is 5.40. The Hall–Kier alpha value is -0.120. The SMILES string of the molecule is CC1CN2CCCCC2CN1CC1CCCC(C)(C)C1O. The van der Waals surface area contributed by atoms with E-state index < -0.39 is 0 Å². The van der Waals surface area contributed by atoms with Crippen LogP contribution in [0.25, 0.3) is 0 Å². The van der Waals surface area contributed by atoms with Crippen LogP contribution in [0.1, 0.15) is 59.3 Å². The molecule has 2 saturated heterocycles. The molecule has 3 rings (SSSR count). The highest BCUT2D eigenvalue weighted by atomic mass is 16.3. The highest BCUT2D eigenvalue weighted by molar-refractivity contribution is 4.93. The van der Waals surface area contributed by atoms with Gasteiger partial charge in [0.1, 0.15) is 0 Å². The molecular weight excluding hydrogens is 260 g/mol. The monoisotopic (exact) mass is 294 g/mol. The molecule has 1 aliphatic carbocycles. The first-order valence-corrected chi connectivity index (χ1v) is 9.13. The van der Waals surface area contributed by atoms with Gasteiger partial charge in [0.15, 0.2) is 0 Å². The van der Waals surface area contributed by atoms with E-state index in [1.807, 2.05) is 0 Å². The van der Waals surface area contributed by atoms with Crippen LogP contribution in [0.5, 0.6) is 0 Å². The summed E-state index contributed by atoms with van der Waals surface area (Å²) in [6.07, 6.45) is 7.72. The van der Waals surface area contributed by atoms with Gasteiger partial charge in [-0.3, -0.25) is 9.80 Å². The minimum atomic E-state index is -0.122. The van der Waals surface area contributed by atoms with Crippen molar-refractivity contribution in [2.75, 3.05) is 26.2 Å². The van der Waals surface area contributed by atoms with Crippen LogP contribution in [0.2, 0.25) is 0 Å². The zero-order valence-corrected chi connectivity index (χ0v) is 14.2. The molecule has 0 bridgehead atoms. The quantitative estimate of drug-likeness (QED) is 0.848. The molecule has 0 aromatic heterocycles. The molecule has 0 spiro atoms. The predicted molar refractivity (Wildman–Crippen MR) is 87.4 cm³/mol. The van der Waals surface area contributed by atoms with E-state index in [0.717, 1.165) is 12.6 Å². The van der Waals surface area contributed by atoms with Gasteiger partial charge >= 0.3 is 0 Å². The van der Waals surface area contributed by atoms with E-state index in [1.165, 1.54) is 58.2 Å². The third-order valence-corrected chi connectivity index (χ3v) is 6.43. The Labute approximate surface area is 130 Å². The van der Waals surface area contributed by atoms with Gasteiger partial charge in [0.05, 0.1) is 6.10 Å². The molecule has 122 valence electrons. The Bertz CT molecular complexity index is 357. The molecule has 3 fully saturated rings. The van der Waals surface area contributed by atoms with Gasteiger partial charge in [0.25, 0.3) is 0 Å². The lowest BCUT2D eigenvalue weighted by molar-refractivity contribution is -0.0611. The van der Waals surface area contributed by atoms with Gasteiger partial charge in [-0.05, 0) is 50.5 Å². The largest absolute Gasteiger partial charge is 0.392 e. The van der Waals surface area contributed by atoms with E-state index >= 15 is 0 Å². The van der Waals surface area contributed by atoms with E-state index in [9.17, 15) is 5.11 Å². The molecule has 0 amide bonds. The molecule has 3 aliphatic rings. The Morgan fingerprint density at radius 1 is 1.10 bits per heavy atom. The topological polar surface area (TPSA) is 26.7 Å². The Morgan fingerprint density at radius 3 is 2.71 bits per heavy atom. The summed E-state index contributed by atoms with van der Waals surface area (Å²) in [6.45, 7) is 11.7. The first-order valence-electron chi connectivity index (χ1n) is 9.13. The fraction of sp³-hybridized carbons (Fsp3) is 1.00. The summed E-state index contributed by atoms with van der Waals surface area (Å²) in [6, 6.07) is 1.43. The minimum Gasteiger partial charge on any atom is -0.392 e. The van der Waals surface area contributed by atoms with Gasteiger partial charge < -0.3 is 5.11 Å². The van der Waals surface area contributed by atoms with Crippen LogP contribution in [-0.2, 0) is 0 Å². The third kappa shape index (κ3) is 3.30. The number of piperidine rings is 1. The van der Waals surface area contributed by atoms with Crippen LogP contribution in [0.4, 0.5) is 0 Å². The maximum Gasteiger partial charge on any atom is 0.0631 e. The van der Waals surface area contributed by atoms with E-state index in [-0.39, 0.29) is 11.5 Å². The third-order valence-electron chi connectivity index (χ3n) is 6.43. The van der Waals surface area contributed by atoms with Crippen LogP contribution in [0.3, 0.4) is 0 Å². The van der Waals surface area contributed by atoms with Crippen LogP contribution in [0, 0.1) is 11.3 Å². The number of fused-ring (bicyclic) bond motifs is 1. The number of nitrogens with zero attached hydrogens (tertiary/aromatic N) is 2. The van der Waals surface area contributed by atoms with Gasteiger partial charge in [-0.2, -0.15) is 0 Å². The summed E-state index contributed by atoms with van der Waals surface area (Å²) in [5.74, 6) is 0.478. The Kier molecular flexibility index (Phi) is 4.63. The first kappa shape index (κ1) is 15.8. The molecule has 0 radical (unpaired) electrons. The molecule has 1 N–H and O–H groups in total. The van der Waals surface area contributed by atoms with Crippen LogP contribution >= 0.6 is 0 Å². The van der Waals surface area contributed by atoms with Crippen molar-refractivity contribution in [3.63, 3.8) is 0 Å². The molecule has 3 nitrogen and oxygen atoms in total. The fourth-order valence-corrected chi connectivity index (χ4v) is 4.92. The van der Waals surface area contributed by atoms with Gasteiger partial charge in [0.2, 0.25) is 0 Å². The molecule has 1 saturated carbocycles. The Balaban J connectivity index is 1.61. The number of rotatable bonds is 2. The average molecular weight is 294 g/mol. The summed E-state index contributed by atoms with van der Waals surface area (Å²) < 4.78 is 0. The summed E-state index contributed by atoms with van der Waals surface area (Å²) in [5, 5.41) is 10.7. The molecule has 4 atom stereocenters. The lowest BCUT2D eigenvalue weighted by Gasteiger charge is -2.50. The second-order valence-electron chi connectivity index (χ2n) is 8.53. The summed E-state index contributed by atoms with van der Waals surface area (Å²) in [5.41, 5.74) is 0.110. The van der Waals surface area contributed by atoms with Crippen molar-refractivity contribution in [3.05, 3.63) is 0 Å². The highest BCUT2D eigenvalue weighted by Crippen LogP contribution is 2.39. The number of hydrogen-bond acceptors (Lipinski definition) is 3. The van der Waals surface area contributed by atoms with Gasteiger partial charge in [-0.15, -0.1) is 0 Å². The maximum atomic E-state index is 10.7. The zero-order chi connectivity index (χ0) is 15.0. The zero-order valence-electron chi connectivity index (χ0n) is 14.2. The van der Waals surface area contributed by atoms with Crippen molar-refractivity contribution < 1.29 is 5.11 Å². The summed E-state index contributed by atoms with van der Waals surface area (Å²) >= 11 is 0. The van der Waals surface area contributed by atoms with Gasteiger partial charge in [0, 0.05) is 31.7 Å². The smallest absolute Gasteiger partial charge is 0.0631 e. The van der Waals surface area contributed by atoms with Crippen molar-refractivity contribution in [3.8, 4) is 0 Å². The molecule has 4 unspecified atom stereocenters. The van der Waals surface area contributed by atoms with Gasteiger partial charge in [-0.25, -0.2) is 0 Å². The number of hydrogen-bond donors (Lipinski definition) is 1. The van der Waals surface area contributed by atoms with Crippen molar-refractivity contribution in [1.29, 1.82) is 0 Å². The van der Waals surface area contributed by atoms with E-state index in [1.54, 1.807) is 0 Å². The standard InChI is InChI=1S/C18H34N2O/c1-14-11-19-10-5-4-8-16(19)13-20(14)12-15-7-6-9-18(2,3)17(15)21/h14-17,21H,4-13H2,1-3H3. The normalized spacial score (nSPS) is 41.7. The lowest BCUT2D eigenvalue weighted by atomic mass is 9.69. The number of piperazine rings is 1. The van der Waals surface area contributed by atoms with E-state index in [4.69, 9.17) is 0 Å². The molecule has 2 heterocycles. The average Bonchev–Trinajstić information content (AvgIpc) is 2.44. The number of aliphatic hydroxyl groups is 1. The van der Waals surface area contributed by atoms with Gasteiger partial charge in [-0.1, -0.05) is 26.7 Å². The second kappa shape index (κ2) is 6.17. The predicted octanol–water partition coefficient (Wildman–Crippen LogP) is 2.73. The first-order chi connectivity index (χ1) is 9.97. The molecule has 21 heavy (non-hydrogen) atoms. The van der Waals surface area contributed by atoms with Crippen molar-refractivity contribution in [1.82, 2.24) is 9.80 Å². The van der Waals surface area contributed by atoms with Crippen LogP contribution < -0.4 is 0 Å². The fourth-order valence-electron chi connectivity index (χ4n) is 4.92. The van der Waals surface area contributed by atoms with E-state index in [2.05, 4.69) is 30.6 Å². The van der Waals surface area contributed by atoms with Crippen LogP contribution in [-0.4, -0.2) is 59.3 Å². The van der Waals surface area contributed by atoms with Crippen molar-refractivity contribution >= 4 is 0 Å². The molecule has 0 aromatic carbocycles.